The standard InChI is InChI=1S/C16H23NO4S/c1-5-20-14(18)13(17-15(19)21-16(2,3)4)11-22-12-9-7-6-8-10-12/h6-10,13H,5,11H2,1-4H3,(H,17,19)/t13-/m0/s1. The molecule has 1 amide bonds. The van der Waals surface area contributed by atoms with Crippen molar-refractivity contribution >= 4 is 23.8 Å². The first-order valence-electron chi connectivity index (χ1n) is 7.16. The lowest BCUT2D eigenvalue weighted by Crippen LogP contribution is -2.45. The van der Waals surface area contributed by atoms with Crippen molar-refractivity contribution in [2.45, 2.75) is 44.2 Å². The predicted molar refractivity (Wildman–Crippen MR) is 87.0 cm³/mol. The number of ether oxygens (including phenoxy) is 2. The Balaban J connectivity index is 2.63. The molecule has 0 radical (unpaired) electrons. The minimum atomic E-state index is -0.750. The fraction of sp³-hybridized carbons (Fsp3) is 0.500. The normalized spacial score (nSPS) is 12.4. The first kappa shape index (κ1) is 18.4. The Hall–Kier alpha value is -1.69. The van der Waals surface area contributed by atoms with Crippen LogP contribution in [0.3, 0.4) is 0 Å². The first-order valence-corrected chi connectivity index (χ1v) is 8.14. The number of hydrogen-bond donors (Lipinski definition) is 1. The van der Waals surface area contributed by atoms with Crippen LogP contribution in [-0.4, -0.2) is 36.1 Å². The Morgan fingerprint density at radius 2 is 1.86 bits per heavy atom. The van der Waals surface area contributed by atoms with Crippen LogP contribution in [0.1, 0.15) is 27.7 Å². The van der Waals surface area contributed by atoms with E-state index in [1.165, 1.54) is 11.8 Å². The molecular formula is C16H23NO4S. The van der Waals surface area contributed by atoms with Gasteiger partial charge in [-0.2, -0.15) is 0 Å². The Bertz CT molecular complexity index is 485. The van der Waals surface area contributed by atoms with E-state index in [0.717, 1.165) is 4.90 Å². The molecule has 0 unspecified atom stereocenters. The highest BCUT2D eigenvalue weighted by Gasteiger charge is 2.25. The highest BCUT2D eigenvalue weighted by atomic mass is 32.2. The van der Waals surface area contributed by atoms with E-state index in [1.54, 1.807) is 27.7 Å². The quantitative estimate of drug-likeness (QED) is 0.642. The van der Waals surface area contributed by atoms with Crippen molar-refractivity contribution in [1.82, 2.24) is 5.32 Å². The average molecular weight is 325 g/mol. The van der Waals surface area contributed by atoms with Gasteiger partial charge in [-0.1, -0.05) is 18.2 Å². The molecule has 0 spiro atoms. The molecule has 22 heavy (non-hydrogen) atoms. The van der Waals surface area contributed by atoms with Crippen LogP contribution in [0.5, 0.6) is 0 Å². The summed E-state index contributed by atoms with van der Waals surface area (Å²) in [6.45, 7) is 7.30. The molecule has 0 aliphatic rings. The van der Waals surface area contributed by atoms with Gasteiger partial charge >= 0.3 is 12.1 Å². The lowest BCUT2D eigenvalue weighted by atomic mass is 10.2. The predicted octanol–water partition coefficient (Wildman–Crippen LogP) is 3.24. The second-order valence-corrected chi connectivity index (χ2v) is 6.67. The molecule has 6 heteroatoms. The van der Waals surface area contributed by atoms with Crippen LogP contribution < -0.4 is 5.32 Å². The van der Waals surface area contributed by atoms with Crippen molar-refractivity contribution in [3.8, 4) is 0 Å². The number of alkyl carbamates (subject to hydrolysis) is 1. The summed E-state index contributed by atoms with van der Waals surface area (Å²) in [4.78, 5) is 24.8. The summed E-state index contributed by atoms with van der Waals surface area (Å²) in [5, 5.41) is 2.57. The monoisotopic (exact) mass is 325 g/mol. The SMILES string of the molecule is CCOC(=O)[C@H](CSc1ccccc1)NC(=O)OC(C)(C)C. The maximum absolute atomic E-state index is 12.0. The fourth-order valence-electron chi connectivity index (χ4n) is 1.56. The number of carbonyl (C=O) groups excluding carboxylic acids is 2. The van der Waals surface area contributed by atoms with Crippen molar-refractivity contribution in [2.24, 2.45) is 0 Å². The smallest absolute Gasteiger partial charge is 0.408 e. The lowest BCUT2D eigenvalue weighted by Gasteiger charge is -2.22. The average Bonchev–Trinajstić information content (AvgIpc) is 2.42. The van der Waals surface area contributed by atoms with E-state index in [2.05, 4.69) is 5.32 Å². The molecule has 0 bridgehead atoms. The van der Waals surface area contributed by atoms with Gasteiger partial charge in [-0.05, 0) is 39.8 Å². The summed E-state index contributed by atoms with van der Waals surface area (Å²) in [5.41, 5.74) is -0.615. The molecule has 1 aromatic rings. The summed E-state index contributed by atoms with van der Waals surface area (Å²) in [5.74, 6) is -0.0842. The van der Waals surface area contributed by atoms with E-state index in [1.807, 2.05) is 30.3 Å². The van der Waals surface area contributed by atoms with Crippen LogP contribution in [0.25, 0.3) is 0 Å². The Labute approximate surface area is 135 Å². The van der Waals surface area contributed by atoms with Gasteiger partial charge in [-0.15, -0.1) is 11.8 Å². The third-order valence-electron chi connectivity index (χ3n) is 2.42. The molecule has 1 atom stereocenters. The zero-order chi connectivity index (χ0) is 16.6. The summed E-state index contributed by atoms with van der Waals surface area (Å²) in [7, 11) is 0. The van der Waals surface area contributed by atoms with Crippen LogP contribution in [0.4, 0.5) is 4.79 Å². The van der Waals surface area contributed by atoms with Crippen LogP contribution in [-0.2, 0) is 14.3 Å². The maximum atomic E-state index is 12.0. The molecule has 0 heterocycles. The molecule has 1 rings (SSSR count). The molecule has 1 aromatic carbocycles. The minimum absolute atomic E-state index is 0.265. The van der Waals surface area contributed by atoms with Gasteiger partial charge in [0.1, 0.15) is 11.6 Å². The van der Waals surface area contributed by atoms with E-state index in [4.69, 9.17) is 9.47 Å². The maximum Gasteiger partial charge on any atom is 0.408 e. The zero-order valence-corrected chi connectivity index (χ0v) is 14.2. The Morgan fingerprint density at radius 3 is 2.41 bits per heavy atom. The van der Waals surface area contributed by atoms with Gasteiger partial charge in [0.2, 0.25) is 0 Å². The van der Waals surface area contributed by atoms with Gasteiger partial charge in [0.15, 0.2) is 0 Å². The number of esters is 1. The van der Waals surface area contributed by atoms with Gasteiger partial charge in [0.05, 0.1) is 6.61 Å². The number of rotatable bonds is 6. The van der Waals surface area contributed by atoms with E-state index >= 15 is 0 Å². The molecule has 0 saturated carbocycles. The van der Waals surface area contributed by atoms with Gasteiger partial charge in [-0.3, -0.25) is 0 Å². The molecule has 122 valence electrons. The number of thioether (sulfide) groups is 1. The Kier molecular flexibility index (Phi) is 7.24. The van der Waals surface area contributed by atoms with Gasteiger partial charge in [0, 0.05) is 10.6 Å². The summed E-state index contributed by atoms with van der Waals surface area (Å²) in [6, 6.07) is 8.90. The molecule has 0 aromatic heterocycles. The van der Waals surface area contributed by atoms with Crippen molar-refractivity contribution in [3.05, 3.63) is 30.3 Å². The third-order valence-corrected chi connectivity index (χ3v) is 3.53. The molecule has 0 aliphatic heterocycles. The van der Waals surface area contributed by atoms with Crippen LogP contribution in [0, 0.1) is 0 Å². The summed E-state index contributed by atoms with van der Waals surface area (Å²) >= 11 is 1.47. The molecule has 5 nitrogen and oxygen atoms in total. The van der Waals surface area contributed by atoms with E-state index < -0.39 is 23.7 Å². The molecule has 0 fully saturated rings. The number of carbonyl (C=O) groups is 2. The van der Waals surface area contributed by atoms with Crippen LogP contribution >= 0.6 is 11.8 Å². The zero-order valence-electron chi connectivity index (χ0n) is 13.4. The second kappa shape index (κ2) is 8.68. The number of hydrogen-bond acceptors (Lipinski definition) is 5. The van der Waals surface area contributed by atoms with Crippen LogP contribution in [0.2, 0.25) is 0 Å². The van der Waals surface area contributed by atoms with E-state index in [-0.39, 0.29) is 6.61 Å². The van der Waals surface area contributed by atoms with E-state index in [0.29, 0.717) is 5.75 Å². The molecule has 1 N–H and O–H groups in total. The van der Waals surface area contributed by atoms with Crippen molar-refractivity contribution in [1.29, 1.82) is 0 Å². The number of nitrogens with one attached hydrogen (secondary N) is 1. The summed E-state index contributed by atoms with van der Waals surface area (Å²) < 4.78 is 10.2. The first-order chi connectivity index (χ1) is 10.3. The van der Waals surface area contributed by atoms with Crippen LogP contribution in [0.15, 0.2) is 35.2 Å². The molecule has 0 saturated heterocycles. The van der Waals surface area contributed by atoms with Gasteiger partial charge in [-0.25, -0.2) is 9.59 Å². The molecule has 0 aliphatic carbocycles. The fourth-order valence-corrected chi connectivity index (χ4v) is 2.49. The lowest BCUT2D eigenvalue weighted by molar-refractivity contribution is -0.145. The topological polar surface area (TPSA) is 64.6 Å². The van der Waals surface area contributed by atoms with Crippen molar-refractivity contribution in [2.75, 3.05) is 12.4 Å². The van der Waals surface area contributed by atoms with E-state index in [9.17, 15) is 9.59 Å². The van der Waals surface area contributed by atoms with Gasteiger partial charge in [0.25, 0.3) is 0 Å². The minimum Gasteiger partial charge on any atom is -0.464 e. The summed E-state index contributed by atoms with van der Waals surface area (Å²) in [6.07, 6.45) is -0.626. The largest absolute Gasteiger partial charge is 0.464 e. The second-order valence-electron chi connectivity index (χ2n) is 5.57. The third kappa shape index (κ3) is 7.36. The van der Waals surface area contributed by atoms with Gasteiger partial charge < -0.3 is 14.8 Å². The number of benzene rings is 1. The highest BCUT2D eigenvalue weighted by Crippen LogP contribution is 2.18. The molecular weight excluding hydrogens is 302 g/mol. The highest BCUT2D eigenvalue weighted by molar-refractivity contribution is 7.99. The number of amides is 1. The van der Waals surface area contributed by atoms with Crippen molar-refractivity contribution in [3.63, 3.8) is 0 Å². The Morgan fingerprint density at radius 1 is 1.23 bits per heavy atom. The van der Waals surface area contributed by atoms with Crippen molar-refractivity contribution < 1.29 is 19.1 Å².